The first kappa shape index (κ1) is 23.2. The number of rotatable bonds is 7. The molecule has 0 aromatic rings. The van der Waals surface area contributed by atoms with Crippen molar-refractivity contribution in [1.82, 2.24) is 15.5 Å². The van der Waals surface area contributed by atoms with Crippen molar-refractivity contribution in [3.63, 3.8) is 0 Å². The fourth-order valence-electron chi connectivity index (χ4n) is 3.65. The number of guanidine groups is 1. The lowest BCUT2D eigenvalue weighted by atomic mass is 9.97. The van der Waals surface area contributed by atoms with Crippen molar-refractivity contribution in [2.75, 3.05) is 32.7 Å². The third-order valence-corrected chi connectivity index (χ3v) is 5.07. The summed E-state index contributed by atoms with van der Waals surface area (Å²) in [6.45, 7) is 8.44. The number of carbonyl (C=O) groups excluding carboxylic acids is 1. The highest BCUT2D eigenvalue weighted by atomic mass is 127. The lowest BCUT2D eigenvalue weighted by molar-refractivity contribution is -0.132. The van der Waals surface area contributed by atoms with Gasteiger partial charge in [0.25, 0.3) is 0 Å². The molecule has 150 valence electrons. The van der Waals surface area contributed by atoms with Crippen LogP contribution in [0, 0.1) is 5.92 Å². The minimum atomic E-state index is 0. The number of amides is 1. The molecule has 1 saturated heterocycles. The number of allylic oxidation sites excluding steroid dienone is 1. The lowest BCUT2D eigenvalue weighted by Crippen LogP contribution is -2.40. The Morgan fingerprint density at radius 2 is 2.15 bits per heavy atom. The normalized spacial score (nSPS) is 20.8. The van der Waals surface area contributed by atoms with Crippen molar-refractivity contribution in [1.29, 1.82) is 0 Å². The molecule has 1 atom stereocenters. The standard InChI is InChI=1S/C20H36N4O.HI/c1-3-21-20(22-13-11-18-9-5-4-6-10-18)23-14-12-19(25)24-15-7-8-17(2)16-24;/h9,17H,3-8,10-16H2,1-2H3,(H2,21,22,23);1H. The van der Waals surface area contributed by atoms with Crippen molar-refractivity contribution >= 4 is 35.8 Å². The molecule has 5 nitrogen and oxygen atoms in total. The van der Waals surface area contributed by atoms with Crippen molar-refractivity contribution < 1.29 is 4.79 Å². The van der Waals surface area contributed by atoms with E-state index >= 15 is 0 Å². The van der Waals surface area contributed by atoms with Crippen LogP contribution in [-0.2, 0) is 4.79 Å². The lowest BCUT2D eigenvalue weighted by Gasteiger charge is -2.30. The molecule has 1 aliphatic heterocycles. The topological polar surface area (TPSA) is 56.7 Å². The van der Waals surface area contributed by atoms with Gasteiger partial charge in [-0.25, -0.2) is 0 Å². The number of aliphatic imine (C=N–C) groups is 1. The van der Waals surface area contributed by atoms with Crippen molar-refractivity contribution in [3.8, 4) is 0 Å². The van der Waals surface area contributed by atoms with Gasteiger partial charge in [-0.3, -0.25) is 9.79 Å². The zero-order valence-electron chi connectivity index (χ0n) is 16.6. The Morgan fingerprint density at radius 3 is 2.85 bits per heavy atom. The van der Waals surface area contributed by atoms with Gasteiger partial charge >= 0.3 is 0 Å². The number of likely N-dealkylation sites (tertiary alicyclic amines) is 1. The first-order valence-corrected chi connectivity index (χ1v) is 10.2. The second kappa shape index (κ2) is 13.4. The molecule has 0 bridgehead atoms. The number of hydrogen-bond acceptors (Lipinski definition) is 2. The van der Waals surface area contributed by atoms with E-state index in [4.69, 9.17) is 0 Å². The van der Waals surface area contributed by atoms with Crippen molar-refractivity contribution in [2.24, 2.45) is 10.9 Å². The highest BCUT2D eigenvalue weighted by Crippen LogP contribution is 2.19. The molecule has 26 heavy (non-hydrogen) atoms. The minimum Gasteiger partial charge on any atom is -0.357 e. The molecule has 6 heteroatoms. The van der Waals surface area contributed by atoms with Gasteiger partial charge in [0.1, 0.15) is 0 Å². The van der Waals surface area contributed by atoms with Gasteiger partial charge in [-0.1, -0.05) is 18.6 Å². The number of hydrogen-bond donors (Lipinski definition) is 2. The largest absolute Gasteiger partial charge is 0.357 e. The van der Waals surface area contributed by atoms with Crippen LogP contribution in [0.15, 0.2) is 16.6 Å². The molecule has 1 heterocycles. The van der Waals surface area contributed by atoms with Gasteiger partial charge in [-0.15, -0.1) is 24.0 Å². The third-order valence-electron chi connectivity index (χ3n) is 5.07. The smallest absolute Gasteiger partial charge is 0.224 e. The van der Waals surface area contributed by atoms with Gasteiger partial charge in [0, 0.05) is 32.6 Å². The highest BCUT2D eigenvalue weighted by Gasteiger charge is 2.20. The van der Waals surface area contributed by atoms with E-state index < -0.39 is 0 Å². The van der Waals surface area contributed by atoms with Crippen LogP contribution < -0.4 is 10.6 Å². The molecular weight excluding hydrogens is 439 g/mol. The molecule has 1 fully saturated rings. The van der Waals surface area contributed by atoms with Crippen LogP contribution in [0.1, 0.15) is 65.2 Å². The molecule has 0 radical (unpaired) electrons. The van der Waals surface area contributed by atoms with Crippen molar-refractivity contribution in [2.45, 2.75) is 65.2 Å². The van der Waals surface area contributed by atoms with Gasteiger partial charge in [-0.2, -0.15) is 0 Å². The van der Waals surface area contributed by atoms with Gasteiger partial charge in [0.05, 0.1) is 6.54 Å². The molecule has 2 N–H and O–H groups in total. The van der Waals surface area contributed by atoms with E-state index in [0.717, 1.165) is 45.0 Å². The summed E-state index contributed by atoms with van der Waals surface area (Å²) in [7, 11) is 0. The zero-order chi connectivity index (χ0) is 17.9. The van der Waals surface area contributed by atoms with Crippen LogP contribution in [0.2, 0.25) is 0 Å². The maximum absolute atomic E-state index is 12.3. The quantitative estimate of drug-likeness (QED) is 0.255. The fourth-order valence-corrected chi connectivity index (χ4v) is 3.65. The summed E-state index contributed by atoms with van der Waals surface area (Å²) in [6.07, 6.45) is 11.5. The number of carbonyl (C=O) groups is 1. The number of nitrogens with zero attached hydrogens (tertiary/aromatic N) is 2. The van der Waals surface area contributed by atoms with Gasteiger partial charge in [0.15, 0.2) is 5.96 Å². The summed E-state index contributed by atoms with van der Waals surface area (Å²) in [4.78, 5) is 18.9. The Labute approximate surface area is 176 Å². The van der Waals surface area contributed by atoms with Crippen molar-refractivity contribution in [3.05, 3.63) is 11.6 Å². The SMILES string of the molecule is CCNC(=NCCC(=O)N1CCCC(C)C1)NCCC1=CCCCC1.I. The predicted octanol–water partition coefficient (Wildman–Crippen LogP) is 3.70. The van der Waals surface area contributed by atoms with Crippen LogP contribution in [0.25, 0.3) is 0 Å². The van der Waals surface area contributed by atoms with Gasteiger partial charge < -0.3 is 15.5 Å². The Balaban J connectivity index is 0.00000338. The summed E-state index contributed by atoms with van der Waals surface area (Å²) in [5.41, 5.74) is 1.57. The summed E-state index contributed by atoms with van der Waals surface area (Å²) in [5, 5.41) is 6.68. The van der Waals surface area contributed by atoms with Crippen LogP contribution in [0.3, 0.4) is 0 Å². The maximum atomic E-state index is 12.3. The summed E-state index contributed by atoms with van der Waals surface area (Å²) in [5.74, 6) is 1.71. The second-order valence-corrected chi connectivity index (χ2v) is 7.38. The molecule has 0 aromatic heterocycles. The van der Waals surface area contributed by atoms with E-state index in [2.05, 4.69) is 35.5 Å². The average molecular weight is 476 g/mol. The summed E-state index contributed by atoms with van der Waals surface area (Å²) >= 11 is 0. The number of piperidine rings is 1. The molecule has 1 unspecified atom stereocenters. The van der Waals surface area contributed by atoms with E-state index in [-0.39, 0.29) is 29.9 Å². The molecule has 1 amide bonds. The molecule has 2 rings (SSSR count). The zero-order valence-corrected chi connectivity index (χ0v) is 18.9. The first-order chi connectivity index (χ1) is 12.2. The molecule has 0 aromatic carbocycles. The Morgan fingerprint density at radius 1 is 1.31 bits per heavy atom. The second-order valence-electron chi connectivity index (χ2n) is 7.38. The maximum Gasteiger partial charge on any atom is 0.224 e. The first-order valence-electron chi connectivity index (χ1n) is 10.2. The number of halogens is 1. The molecule has 0 saturated carbocycles. The van der Waals surface area contributed by atoms with Gasteiger partial charge in [-0.05, 0) is 57.8 Å². The summed E-state index contributed by atoms with van der Waals surface area (Å²) in [6, 6.07) is 0. The van der Waals surface area contributed by atoms with E-state index in [1.807, 2.05) is 4.90 Å². The highest BCUT2D eigenvalue weighted by molar-refractivity contribution is 14.0. The molecular formula is C20H37IN4O. The molecule has 2 aliphatic rings. The van der Waals surface area contributed by atoms with Crippen LogP contribution in [0.5, 0.6) is 0 Å². The Kier molecular flexibility index (Phi) is 12.0. The fraction of sp³-hybridized carbons (Fsp3) is 0.800. The Bertz CT molecular complexity index is 478. The van der Waals surface area contributed by atoms with E-state index in [0.29, 0.717) is 18.9 Å². The molecule has 1 aliphatic carbocycles. The third kappa shape index (κ3) is 8.73. The van der Waals surface area contributed by atoms with Crippen LogP contribution in [0.4, 0.5) is 0 Å². The minimum absolute atomic E-state index is 0. The van der Waals surface area contributed by atoms with Crippen LogP contribution in [-0.4, -0.2) is 49.5 Å². The van der Waals surface area contributed by atoms with Crippen LogP contribution >= 0.6 is 24.0 Å². The van der Waals surface area contributed by atoms with Gasteiger partial charge in [0.2, 0.25) is 5.91 Å². The summed E-state index contributed by atoms with van der Waals surface area (Å²) < 4.78 is 0. The predicted molar refractivity (Wildman–Crippen MR) is 120 cm³/mol. The van der Waals surface area contributed by atoms with E-state index in [1.165, 1.54) is 32.1 Å². The monoisotopic (exact) mass is 476 g/mol. The average Bonchev–Trinajstić information content (AvgIpc) is 2.62. The van der Waals surface area contributed by atoms with E-state index in [1.54, 1.807) is 5.57 Å². The Hall–Kier alpha value is -0.790. The number of nitrogens with one attached hydrogen (secondary N) is 2. The van der Waals surface area contributed by atoms with E-state index in [9.17, 15) is 4.79 Å². The molecule has 0 spiro atoms.